The van der Waals surface area contributed by atoms with E-state index in [-0.39, 0.29) is 6.61 Å². The number of aliphatic hydroxyl groups excluding tert-OH is 1. The Kier molecular flexibility index (Phi) is 8.92. The normalized spacial score (nSPS) is 21.7. The number of nitrogens with two attached hydrogens (primary N) is 1. The number of carbonyl (C=O) groups is 1. The molecule has 22 heavy (non-hydrogen) atoms. The van der Waals surface area contributed by atoms with Crippen LogP contribution in [0.3, 0.4) is 0 Å². The van der Waals surface area contributed by atoms with E-state index < -0.39 is 11.5 Å². The zero-order chi connectivity index (χ0) is 16.4. The quantitative estimate of drug-likeness (QED) is 0.173. The van der Waals surface area contributed by atoms with E-state index in [1.54, 1.807) is 0 Å². The van der Waals surface area contributed by atoms with E-state index in [1.165, 1.54) is 7.48 Å². The van der Waals surface area contributed by atoms with Gasteiger partial charge in [0.2, 0.25) is 0 Å². The molecule has 0 bridgehead atoms. The molecular formula is C13H26BN2O6. The van der Waals surface area contributed by atoms with Crippen LogP contribution in [-0.2, 0) is 14.6 Å². The van der Waals surface area contributed by atoms with Crippen LogP contribution in [0.15, 0.2) is 0 Å². The Hall–Kier alpha value is -0.705. The Bertz CT molecular complexity index is 336. The Morgan fingerprint density at radius 2 is 2.18 bits per heavy atom. The maximum absolute atomic E-state index is 11.4. The van der Waals surface area contributed by atoms with Crippen LogP contribution in [0.25, 0.3) is 0 Å². The molecule has 0 saturated carbocycles. The van der Waals surface area contributed by atoms with Crippen molar-refractivity contribution in [1.29, 1.82) is 0 Å². The van der Waals surface area contributed by atoms with Gasteiger partial charge in [-0.2, -0.15) is 0 Å². The molecule has 8 nitrogen and oxygen atoms in total. The lowest BCUT2D eigenvalue weighted by Crippen LogP contribution is -2.50. The Labute approximate surface area is 131 Å². The zero-order valence-electron chi connectivity index (χ0n) is 12.8. The molecular weight excluding hydrogens is 291 g/mol. The molecule has 2 atom stereocenters. The van der Waals surface area contributed by atoms with Gasteiger partial charge in [-0.15, -0.1) is 0 Å². The third kappa shape index (κ3) is 6.59. The summed E-state index contributed by atoms with van der Waals surface area (Å²) in [5.74, 6) is -0.689. The van der Waals surface area contributed by atoms with Gasteiger partial charge in [-0.3, -0.25) is 9.60 Å². The lowest BCUT2D eigenvalue weighted by molar-refractivity contribution is -0.442. The SMILES string of the molecule is N[C@](CCCC[B]OOO)(CCN1CCC(CO)C1)C(=O)O. The molecule has 0 aromatic rings. The van der Waals surface area contributed by atoms with E-state index in [1.807, 2.05) is 0 Å². The van der Waals surface area contributed by atoms with Crippen LogP contribution in [0.2, 0.25) is 6.32 Å². The van der Waals surface area contributed by atoms with Gasteiger partial charge >= 0.3 is 13.5 Å². The van der Waals surface area contributed by atoms with E-state index in [0.717, 1.165) is 19.5 Å². The molecule has 1 radical (unpaired) electrons. The van der Waals surface area contributed by atoms with Crippen LogP contribution in [0.5, 0.6) is 0 Å². The van der Waals surface area contributed by atoms with Crippen LogP contribution >= 0.6 is 0 Å². The van der Waals surface area contributed by atoms with Crippen molar-refractivity contribution >= 4 is 13.5 Å². The number of unbranched alkanes of at least 4 members (excludes halogenated alkanes) is 1. The summed E-state index contributed by atoms with van der Waals surface area (Å²) in [7, 11) is 1.30. The van der Waals surface area contributed by atoms with Gasteiger partial charge in [0.05, 0.1) is 0 Å². The van der Waals surface area contributed by atoms with E-state index in [2.05, 4.69) is 14.7 Å². The summed E-state index contributed by atoms with van der Waals surface area (Å²) in [5, 5.41) is 29.9. The van der Waals surface area contributed by atoms with Crippen LogP contribution in [0.4, 0.5) is 0 Å². The minimum Gasteiger partial charge on any atom is -0.480 e. The van der Waals surface area contributed by atoms with Crippen molar-refractivity contribution < 1.29 is 30.1 Å². The average Bonchev–Trinajstić information content (AvgIpc) is 2.96. The molecule has 9 heteroatoms. The highest BCUT2D eigenvalue weighted by molar-refractivity contribution is 6.26. The highest BCUT2D eigenvalue weighted by Crippen LogP contribution is 2.21. The minimum atomic E-state index is -1.23. The number of hydrogen-bond donors (Lipinski definition) is 4. The first-order valence-corrected chi connectivity index (χ1v) is 7.66. The summed E-state index contributed by atoms with van der Waals surface area (Å²) in [6, 6.07) is 0. The van der Waals surface area contributed by atoms with E-state index in [9.17, 15) is 9.90 Å². The number of carboxylic acid groups (broad SMARTS) is 1. The van der Waals surface area contributed by atoms with Crippen LogP contribution in [0, 0.1) is 5.92 Å². The Balaban J connectivity index is 2.28. The molecule has 1 unspecified atom stereocenters. The molecule has 0 spiro atoms. The number of carboxylic acids is 1. The molecule has 1 rings (SSSR count). The smallest absolute Gasteiger partial charge is 0.348 e. The number of hydrogen-bond acceptors (Lipinski definition) is 7. The summed E-state index contributed by atoms with van der Waals surface area (Å²) in [6.45, 7) is 2.50. The van der Waals surface area contributed by atoms with Gasteiger partial charge in [0, 0.05) is 19.7 Å². The maximum Gasteiger partial charge on any atom is 0.348 e. The predicted octanol–water partition coefficient (Wildman–Crippen LogP) is 0.102. The molecule has 0 amide bonds. The first-order chi connectivity index (χ1) is 10.5. The van der Waals surface area contributed by atoms with Crippen molar-refractivity contribution in [2.45, 2.75) is 44.0 Å². The number of aliphatic hydroxyl groups is 1. The summed E-state index contributed by atoms with van der Waals surface area (Å²) in [5.41, 5.74) is 4.81. The molecule has 0 aromatic heterocycles. The lowest BCUT2D eigenvalue weighted by atomic mass is 9.86. The van der Waals surface area contributed by atoms with Gasteiger partial charge < -0.3 is 20.8 Å². The van der Waals surface area contributed by atoms with Crippen molar-refractivity contribution in [3.05, 3.63) is 0 Å². The standard InChI is InChI=1S/C13H26BN2O6/c15-13(12(18)19,4-1-2-6-14-21-22-20)5-8-16-7-3-11(9-16)10-17/h11,17,20H,1-10,15H2,(H,18,19)/t11?,13-/m1/s1. The second-order valence-electron chi connectivity index (χ2n) is 5.93. The van der Waals surface area contributed by atoms with Gasteiger partial charge in [0.25, 0.3) is 0 Å². The molecule has 0 aromatic carbocycles. The summed E-state index contributed by atoms with van der Waals surface area (Å²) in [6.07, 6.45) is 3.61. The lowest BCUT2D eigenvalue weighted by Gasteiger charge is -2.27. The minimum absolute atomic E-state index is 0.180. The van der Waals surface area contributed by atoms with Gasteiger partial charge in [0.15, 0.2) is 0 Å². The van der Waals surface area contributed by atoms with Crippen molar-refractivity contribution in [2.75, 3.05) is 26.2 Å². The summed E-state index contributed by atoms with van der Waals surface area (Å²) < 4.78 is 0. The van der Waals surface area contributed by atoms with Crippen LogP contribution < -0.4 is 5.73 Å². The molecule has 1 saturated heterocycles. The number of nitrogens with zero attached hydrogens (tertiary/aromatic N) is 1. The van der Waals surface area contributed by atoms with Crippen molar-refractivity contribution in [3.63, 3.8) is 0 Å². The first kappa shape index (κ1) is 19.3. The van der Waals surface area contributed by atoms with Gasteiger partial charge in [-0.05, 0) is 38.0 Å². The third-order valence-electron chi connectivity index (χ3n) is 4.23. The number of likely N-dealkylation sites (tertiary alicyclic amines) is 1. The largest absolute Gasteiger partial charge is 0.480 e. The van der Waals surface area contributed by atoms with E-state index >= 15 is 0 Å². The molecule has 1 fully saturated rings. The van der Waals surface area contributed by atoms with Crippen molar-refractivity contribution in [1.82, 2.24) is 4.90 Å². The van der Waals surface area contributed by atoms with Crippen LogP contribution in [0.1, 0.15) is 32.1 Å². The fourth-order valence-corrected chi connectivity index (χ4v) is 2.71. The predicted molar refractivity (Wildman–Crippen MR) is 80.0 cm³/mol. The van der Waals surface area contributed by atoms with Gasteiger partial charge in [-0.25, -0.2) is 5.26 Å². The monoisotopic (exact) mass is 317 g/mol. The first-order valence-electron chi connectivity index (χ1n) is 7.66. The third-order valence-corrected chi connectivity index (χ3v) is 4.23. The highest BCUT2D eigenvalue weighted by atomic mass is 17.5. The topological polar surface area (TPSA) is 125 Å². The van der Waals surface area contributed by atoms with Gasteiger partial charge in [-0.1, -0.05) is 17.9 Å². The number of rotatable bonds is 12. The second kappa shape index (κ2) is 10.1. The highest BCUT2D eigenvalue weighted by Gasteiger charge is 2.34. The van der Waals surface area contributed by atoms with Crippen LogP contribution in [-0.4, -0.2) is 65.6 Å². The molecule has 1 aliphatic rings. The summed E-state index contributed by atoms with van der Waals surface area (Å²) >= 11 is 0. The fourth-order valence-electron chi connectivity index (χ4n) is 2.71. The molecule has 1 aliphatic heterocycles. The zero-order valence-corrected chi connectivity index (χ0v) is 12.8. The number of aliphatic carboxylic acids is 1. The average molecular weight is 317 g/mol. The fraction of sp³-hybridized carbons (Fsp3) is 0.923. The van der Waals surface area contributed by atoms with Crippen molar-refractivity contribution in [2.24, 2.45) is 11.7 Å². The van der Waals surface area contributed by atoms with Gasteiger partial charge in [0.1, 0.15) is 5.54 Å². The van der Waals surface area contributed by atoms with Crippen molar-refractivity contribution in [3.8, 4) is 0 Å². The molecule has 127 valence electrons. The van der Waals surface area contributed by atoms with E-state index in [0.29, 0.717) is 44.5 Å². The molecule has 0 aliphatic carbocycles. The second-order valence-corrected chi connectivity index (χ2v) is 5.93. The van der Waals surface area contributed by atoms with E-state index in [4.69, 9.17) is 16.1 Å². The Morgan fingerprint density at radius 1 is 1.41 bits per heavy atom. The Morgan fingerprint density at radius 3 is 2.77 bits per heavy atom. The maximum atomic E-state index is 11.4. The molecule has 5 N–H and O–H groups in total. The summed E-state index contributed by atoms with van der Waals surface area (Å²) in [4.78, 5) is 17.8. The molecule has 1 heterocycles.